The maximum atomic E-state index is 13.2. The van der Waals surface area contributed by atoms with Crippen molar-refractivity contribution in [2.45, 2.75) is 36.4 Å². The molecule has 1 saturated heterocycles. The lowest BCUT2D eigenvalue weighted by Gasteiger charge is -2.41. The van der Waals surface area contributed by atoms with Gasteiger partial charge in [0.1, 0.15) is 5.82 Å². The van der Waals surface area contributed by atoms with Crippen LogP contribution in [0.15, 0.2) is 28.6 Å². The van der Waals surface area contributed by atoms with Gasteiger partial charge in [0.2, 0.25) is 11.0 Å². The van der Waals surface area contributed by atoms with Gasteiger partial charge in [-0.05, 0) is 42.9 Å². The maximum Gasteiger partial charge on any atom is 0.233 e. The summed E-state index contributed by atoms with van der Waals surface area (Å²) in [6.45, 7) is 1.82. The molecule has 27 heavy (non-hydrogen) atoms. The summed E-state index contributed by atoms with van der Waals surface area (Å²) in [5.41, 5.74) is 0.633. The van der Waals surface area contributed by atoms with Crippen LogP contribution in [0.25, 0.3) is 0 Å². The summed E-state index contributed by atoms with van der Waals surface area (Å²) in [6, 6.07) is 6.22. The highest BCUT2D eigenvalue weighted by atomic mass is 32.2. The van der Waals surface area contributed by atoms with Crippen LogP contribution in [0.2, 0.25) is 0 Å². The number of hydrogen-bond donors (Lipinski definition) is 1. The Hall–Kier alpha value is -1.67. The van der Waals surface area contributed by atoms with Crippen molar-refractivity contribution >= 4 is 39.8 Å². The summed E-state index contributed by atoms with van der Waals surface area (Å²) in [4.78, 5) is 14.6. The molecule has 2 aliphatic rings. The lowest BCUT2D eigenvalue weighted by molar-refractivity contribution is -0.131. The van der Waals surface area contributed by atoms with E-state index in [9.17, 15) is 9.18 Å². The van der Waals surface area contributed by atoms with Crippen molar-refractivity contribution in [1.82, 2.24) is 15.1 Å². The number of benzene rings is 1. The minimum atomic E-state index is -0.300. The highest BCUT2D eigenvalue weighted by Crippen LogP contribution is 2.36. The van der Waals surface area contributed by atoms with E-state index in [4.69, 9.17) is 0 Å². The average molecular weight is 407 g/mol. The SMILES string of the molecule is O=C(CSc1nnc(Nc2cccc(F)c2)s1)N1CC[C@H]2CCCC[C@H]2C1. The summed E-state index contributed by atoms with van der Waals surface area (Å²) in [6.07, 6.45) is 6.43. The largest absolute Gasteiger partial charge is 0.342 e. The molecule has 4 rings (SSSR count). The van der Waals surface area contributed by atoms with Gasteiger partial charge in [0.25, 0.3) is 0 Å². The van der Waals surface area contributed by atoms with Crippen molar-refractivity contribution in [3.05, 3.63) is 30.1 Å². The van der Waals surface area contributed by atoms with Crippen molar-refractivity contribution in [2.75, 3.05) is 24.2 Å². The Morgan fingerprint density at radius 1 is 1.26 bits per heavy atom. The Morgan fingerprint density at radius 2 is 2.11 bits per heavy atom. The number of likely N-dealkylation sites (tertiary alicyclic amines) is 1. The van der Waals surface area contributed by atoms with Gasteiger partial charge in [-0.1, -0.05) is 48.4 Å². The Morgan fingerprint density at radius 3 is 2.96 bits per heavy atom. The van der Waals surface area contributed by atoms with E-state index in [1.54, 1.807) is 12.1 Å². The van der Waals surface area contributed by atoms with Crippen molar-refractivity contribution in [2.24, 2.45) is 11.8 Å². The zero-order chi connectivity index (χ0) is 18.6. The van der Waals surface area contributed by atoms with E-state index >= 15 is 0 Å². The molecule has 1 aromatic carbocycles. The molecule has 1 saturated carbocycles. The summed E-state index contributed by atoms with van der Waals surface area (Å²) >= 11 is 2.80. The first kappa shape index (κ1) is 18.7. The zero-order valence-corrected chi connectivity index (χ0v) is 16.7. The third kappa shape index (κ3) is 4.79. The van der Waals surface area contributed by atoms with Gasteiger partial charge in [-0.3, -0.25) is 4.79 Å². The molecule has 0 unspecified atom stereocenters. The van der Waals surface area contributed by atoms with Gasteiger partial charge >= 0.3 is 0 Å². The first-order chi connectivity index (χ1) is 13.2. The quantitative estimate of drug-likeness (QED) is 0.738. The van der Waals surface area contributed by atoms with Crippen molar-refractivity contribution in [3.8, 4) is 0 Å². The number of aromatic nitrogens is 2. The van der Waals surface area contributed by atoms with E-state index < -0.39 is 0 Å². The monoisotopic (exact) mass is 406 g/mol. The van der Waals surface area contributed by atoms with Gasteiger partial charge < -0.3 is 10.2 Å². The summed E-state index contributed by atoms with van der Waals surface area (Å²) in [5.74, 6) is 1.82. The topological polar surface area (TPSA) is 58.1 Å². The van der Waals surface area contributed by atoms with Crippen LogP contribution in [0.3, 0.4) is 0 Å². The summed E-state index contributed by atoms with van der Waals surface area (Å²) in [7, 11) is 0. The molecular weight excluding hydrogens is 383 g/mol. The molecule has 2 fully saturated rings. The number of fused-ring (bicyclic) bond motifs is 1. The van der Waals surface area contributed by atoms with Crippen LogP contribution in [0.1, 0.15) is 32.1 Å². The molecule has 2 heterocycles. The van der Waals surface area contributed by atoms with Crippen molar-refractivity contribution in [3.63, 3.8) is 0 Å². The fourth-order valence-corrected chi connectivity index (χ4v) is 5.73. The Bertz CT molecular complexity index is 800. The maximum absolute atomic E-state index is 13.2. The van der Waals surface area contributed by atoms with Crippen LogP contribution in [-0.4, -0.2) is 39.8 Å². The fraction of sp³-hybridized carbons (Fsp3) is 0.526. The second kappa shape index (κ2) is 8.56. The lowest BCUT2D eigenvalue weighted by atomic mass is 9.75. The number of halogens is 1. The minimum Gasteiger partial charge on any atom is -0.342 e. The first-order valence-electron chi connectivity index (χ1n) is 9.44. The predicted molar refractivity (Wildman–Crippen MR) is 107 cm³/mol. The molecule has 1 amide bonds. The number of piperidine rings is 1. The van der Waals surface area contributed by atoms with E-state index in [-0.39, 0.29) is 11.7 Å². The Balaban J connectivity index is 1.27. The third-order valence-corrected chi connectivity index (χ3v) is 7.40. The van der Waals surface area contributed by atoms with E-state index in [0.717, 1.165) is 29.8 Å². The number of thioether (sulfide) groups is 1. The number of nitrogens with zero attached hydrogens (tertiary/aromatic N) is 3. The Kier molecular flexibility index (Phi) is 5.92. The highest BCUT2D eigenvalue weighted by Gasteiger charge is 2.32. The molecule has 8 heteroatoms. The molecule has 2 aromatic rings. The number of nitrogens with one attached hydrogen (secondary N) is 1. The average Bonchev–Trinajstić information content (AvgIpc) is 3.13. The highest BCUT2D eigenvalue weighted by molar-refractivity contribution is 8.01. The van der Waals surface area contributed by atoms with Crippen molar-refractivity contribution < 1.29 is 9.18 Å². The normalized spacial score (nSPS) is 22.3. The van der Waals surface area contributed by atoms with Gasteiger partial charge in [-0.15, -0.1) is 10.2 Å². The van der Waals surface area contributed by atoms with E-state index in [0.29, 0.717) is 22.5 Å². The Labute approximate surface area is 166 Å². The molecule has 1 aromatic heterocycles. The first-order valence-corrected chi connectivity index (χ1v) is 11.2. The molecule has 0 bridgehead atoms. The molecule has 2 atom stereocenters. The second-order valence-corrected chi connectivity index (χ2v) is 9.43. The van der Waals surface area contributed by atoms with Gasteiger partial charge in [0.05, 0.1) is 5.75 Å². The van der Waals surface area contributed by atoms with Crippen LogP contribution in [-0.2, 0) is 4.79 Å². The molecule has 1 aliphatic heterocycles. The van der Waals surface area contributed by atoms with Crippen LogP contribution >= 0.6 is 23.1 Å². The van der Waals surface area contributed by atoms with Gasteiger partial charge in [0.15, 0.2) is 4.34 Å². The number of carbonyl (C=O) groups is 1. The van der Waals surface area contributed by atoms with Gasteiger partial charge in [-0.2, -0.15) is 0 Å². The second-order valence-electron chi connectivity index (χ2n) is 7.23. The standard InChI is InChI=1S/C19H23FN4OS2/c20-15-6-3-7-16(10-15)21-18-22-23-19(27-18)26-12-17(25)24-9-8-13-4-1-2-5-14(13)11-24/h3,6-7,10,13-14H,1-2,4-5,8-9,11-12H2,(H,21,22)/t13-,14+/m1/s1. The van der Waals surface area contributed by atoms with E-state index in [1.807, 2.05) is 4.90 Å². The predicted octanol–water partition coefficient (Wildman–Crippen LogP) is 4.55. The molecule has 5 nitrogen and oxygen atoms in total. The molecule has 1 N–H and O–H groups in total. The summed E-state index contributed by atoms with van der Waals surface area (Å²) < 4.78 is 14.0. The minimum absolute atomic E-state index is 0.193. The number of amides is 1. The van der Waals surface area contributed by atoms with E-state index in [1.165, 1.54) is 60.9 Å². The zero-order valence-electron chi connectivity index (χ0n) is 15.1. The fourth-order valence-electron chi connectivity index (χ4n) is 4.05. The number of rotatable bonds is 5. The van der Waals surface area contributed by atoms with Crippen LogP contribution < -0.4 is 5.32 Å². The van der Waals surface area contributed by atoms with Crippen molar-refractivity contribution in [1.29, 1.82) is 0 Å². The molecule has 144 valence electrons. The van der Waals surface area contributed by atoms with Crippen LogP contribution in [0.5, 0.6) is 0 Å². The van der Waals surface area contributed by atoms with Crippen LogP contribution in [0, 0.1) is 17.7 Å². The smallest absolute Gasteiger partial charge is 0.233 e. The number of carbonyl (C=O) groups excluding carboxylic acids is 1. The van der Waals surface area contributed by atoms with E-state index in [2.05, 4.69) is 15.5 Å². The molecule has 0 spiro atoms. The molecular formula is C19H23FN4OS2. The molecule has 1 aliphatic carbocycles. The lowest BCUT2D eigenvalue weighted by Crippen LogP contribution is -2.45. The number of anilines is 2. The number of hydrogen-bond acceptors (Lipinski definition) is 6. The third-order valence-electron chi connectivity index (χ3n) is 5.45. The van der Waals surface area contributed by atoms with Gasteiger partial charge in [0, 0.05) is 18.8 Å². The van der Waals surface area contributed by atoms with Gasteiger partial charge in [-0.25, -0.2) is 4.39 Å². The van der Waals surface area contributed by atoms with Crippen LogP contribution in [0.4, 0.5) is 15.2 Å². The molecule has 0 radical (unpaired) electrons. The summed E-state index contributed by atoms with van der Waals surface area (Å²) in [5, 5.41) is 11.8.